The van der Waals surface area contributed by atoms with E-state index in [0.717, 1.165) is 12.1 Å². The monoisotopic (exact) mass is 264 g/mol. The Hall–Kier alpha value is -0.0800. The van der Waals surface area contributed by atoms with Crippen molar-refractivity contribution in [1.29, 1.82) is 0 Å². The molecule has 0 saturated heterocycles. The van der Waals surface area contributed by atoms with Crippen molar-refractivity contribution >= 4 is 0 Å². The summed E-state index contributed by atoms with van der Waals surface area (Å²) in [5.41, 5.74) is 0.624. The van der Waals surface area contributed by atoms with Gasteiger partial charge < -0.3 is 5.32 Å². The number of unbranched alkanes of at least 4 members (excludes halogenated alkanes) is 1. The van der Waals surface area contributed by atoms with E-state index in [4.69, 9.17) is 0 Å². The third-order valence-corrected chi connectivity index (χ3v) is 5.41. The summed E-state index contributed by atoms with van der Waals surface area (Å²) in [7, 11) is 0. The van der Waals surface area contributed by atoms with E-state index in [1.807, 2.05) is 0 Å². The summed E-state index contributed by atoms with van der Waals surface area (Å²) in [4.78, 5) is 2.85. The molecule has 0 bridgehead atoms. The molecule has 110 valence electrons. The molecule has 0 aromatic rings. The largest absolute Gasteiger partial charge is 0.313 e. The second kappa shape index (κ2) is 6.13. The summed E-state index contributed by atoms with van der Waals surface area (Å²) in [6.07, 6.45) is 14.4. The minimum atomic E-state index is 0.624. The normalized spacial score (nSPS) is 26.2. The van der Waals surface area contributed by atoms with Gasteiger partial charge in [0.05, 0.1) is 0 Å². The molecule has 0 heterocycles. The molecule has 0 unspecified atom stereocenters. The van der Waals surface area contributed by atoms with Gasteiger partial charge in [-0.1, -0.05) is 26.2 Å². The van der Waals surface area contributed by atoms with Crippen LogP contribution in [0.4, 0.5) is 0 Å². The standard InChI is InChI=1S/C17H32N2/c1-2-3-12-19(16-8-9-16)14-17(10-4-5-11-17)13-18-15-6-7-15/h15-16,18H,2-14H2,1H3. The average molecular weight is 264 g/mol. The fourth-order valence-corrected chi connectivity index (χ4v) is 3.79. The Labute approximate surface area is 119 Å². The molecule has 0 aliphatic heterocycles. The molecule has 19 heavy (non-hydrogen) atoms. The van der Waals surface area contributed by atoms with E-state index in [1.54, 1.807) is 0 Å². The Balaban J connectivity index is 1.54. The lowest BCUT2D eigenvalue weighted by molar-refractivity contribution is 0.139. The summed E-state index contributed by atoms with van der Waals surface area (Å²) < 4.78 is 0. The molecular weight excluding hydrogens is 232 g/mol. The predicted octanol–water partition coefficient (Wildman–Crippen LogP) is 3.56. The van der Waals surface area contributed by atoms with Gasteiger partial charge in [0.25, 0.3) is 0 Å². The number of rotatable bonds is 9. The molecule has 3 aliphatic carbocycles. The zero-order valence-corrected chi connectivity index (χ0v) is 12.8. The molecule has 2 heteroatoms. The molecule has 3 aliphatic rings. The molecular formula is C17H32N2. The Morgan fingerprint density at radius 2 is 1.84 bits per heavy atom. The van der Waals surface area contributed by atoms with Crippen LogP contribution in [0.25, 0.3) is 0 Å². The van der Waals surface area contributed by atoms with Gasteiger partial charge in [-0.15, -0.1) is 0 Å². The number of nitrogens with one attached hydrogen (secondary N) is 1. The first-order chi connectivity index (χ1) is 9.31. The van der Waals surface area contributed by atoms with Gasteiger partial charge in [0, 0.05) is 25.2 Å². The first kappa shape index (κ1) is 13.9. The van der Waals surface area contributed by atoms with Crippen LogP contribution in [0, 0.1) is 5.41 Å². The Bertz CT molecular complexity index is 275. The molecule has 0 radical (unpaired) electrons. The van der Waals surface area contributed by atoms with Gasteiger partial charge >= 0.3 is 0 Å². The van der Waals surface area contributed by atoms with Gasteiger partial charge in [0.1, 0.15) is 0 Å². The summed E-state index contributed by atoms with van der Waals surface area (Å²) in [5, 5.41) is 3.83. The average Bonchev–Trinajstić information content (AvgIpc) is 3.33. The molecule has 0 spiro atoms. The zero-order valence-electron chi connectivity index (χ0n) is 12.8. The summed E-state index contributed by atoms with van der Waals surface area (Å²) >= 11 is 0. The first-order valence-electron chi connectivity index (χ1n) is 8.79. The summed E-state index contributed by atoms with van der Waals surface area (Å²) in [5.74, 6) is 0. The van der Waals surface area contributed by atoms with Crippen molar-refractivity contribution in [3.63, 3.8) is 0 Å². The van der Waals surface area contributed by atoms with Crippen molar-refractivity contribution < 1.29 is 0 Å². The van der Waals surface area contributed by atoms with Crippen LogP contribution in [0.3, 0.4) is 0 Å². The van der Waals surface area contributed by atoms with Crippen LogP contribution in [0.2, 0.25) is 0 Å². The summed E-state index contributed by atoms with van der Waals surface area (Å²) in [6.45, 7) is 6.36. The lowest BCUT2D eigenvalue weighted by atomic mass is 9.85. The van der Waals surface area contributed by atoms with Crippen LogP contribution >= 0.6 is 0 Å². The third kappa shape index (κ3) is 3.95. The topological polar surface area (TPSA) is 15.3 Å². The van der Waals surface area contributed by atoms with Crippen LogP contribution < -0.4 is 5.32 Å². The maximum Gasteiger partial charge on any atom is 0.00966 e. The molecule has 3 rings (SSSR count). The molecule has 0 amide bonds. The van der Waals surface area contributed by atoms with Gasteiger partial charge in [-0.2, -0.15) is 0 Å². The van der Waals surface area contributed by atoms with Crippen LogP contribution in [0.1, 0.15) is 71.1 Å². The second-order valence-electron chi connectivity index (χ2n) is 7.42. The van der Waals surface area contributed by atoms with Gasteiger partial charge in [-0.05, 0) is 56.9 Å². The van der Waals surface area contributed by atoms with E-state index in [1.165, 1.54) is 83.8 Å². The highest BCUT2D eigenvalue weighted by Crippen LogP contribution is 2.41. The number of hydrogen-bond acceptors (Lipinski definition) is 2. The molecule has 0 aromatic heterocycles. The van der Waals surface area contributed by atoms with Crippen LogP contribution in [-0.2, 0) is 0 Å². The minimum absolute atomic E-state index is 0.624. The predicted molar refractivity (Wildman–Crippen MR) is 81.4 cm³/mol. The van der Waals surface area contributed by atoms with E-state index >= 15 is 0 Å². The molecule has 0 atom stereocenters. The summed E-state index contributed by atoms with van der Waals surface area (Å²) in [6, 6.07) is 1.83. The Morgan fingerprint density at radius 3 is 2.42 bits per heavy atom. The fourth-order valence-electron chi connectivity index (χ4n) is 3.79. The molecule has 0 aromatic carbocycles. The van der Waals surface area contributed by atoms with E-state index in [2.05, 4.69) is 17.1 Å². The van der Waals surface area contributed by atoms with Crippen molar-refractivity contribution in [1.82, 2.24) is 10.2 Å². The number of nitrogens with zero attached hydrogens (tertiary/aromatic N) is 1. The first-order valence-corrected chi connectivity index (χ1v) is 8.79. The highest BCUT2D eigenvalue weighted by Gasteiger charge is 2.40. The van der Waals surface area contributed by atoms with E-state index in [0.29, 0.717) is 5.41 Å². The van der Waals surface area contributed by atoms with Crippen molar-refractivity contribution in [3.05, 3.63) is 0 Å². The van der Waals surface area contributed by atoms with Gasteiger partial charge in [-0.25, -0.2) is 0 Å². The van der Waals surface area contributed by atoms with Crippen LogP contribution in [-0.4, -0.2) is 36.6 Å². The molecule has 3 fully saturated rings. The van der Waals surface area contributed by atoms with E-state index in [-0.39, 0.29) is 0 Å². The van der Waals surface area contributed by atoms with E-state index < -0.39 is 0 Å². The lowest BCUT2D eigenvalue weighted by Crippen LogP contribution is -2.44. The smallest absolute Gasteiger partial charge is 0.00966 e. The van der Waals surface area contributed by atoms with E-state index in [9.17, 15) is 0 Å². The van der Waals surface area contributed by atoms with Crippen LogP contribution in [0.15, 0.2) is 0 Å². The van der Waals surface area contributed by atoms with Gasteiger partial charge in [-0.3, -0.25) is 4.90 Å². The molecule has 3 saturated carbocycles. The Morgan fingerprint density at radius 1 is 1.11 bits per heavy atom. The highest BCUT2D eigenvalue weighted by atomic mass is 15.2. The van der Waals surface area contributed by atoms with Crippen molar-refractivity contribution in [2.24, 2.45) is 5.41 Å². The molecule has 2 nitrogen and oxygen atoms in total. The van der Waals surface area contributed by atoms with Crippen LogP contribution in [0.5, 0.6) is 0 Å². The second-order valence-corrected chi connectivity index (χ2v) is 7.42. The quantitative estimate of drug-likeness (QED) is 0.685. The fraction of sp³-hybridized carbons (Fsp3) is 1.00. The lowest BCUT2D eigenvalue weighted by Gasteiger charge is -2.36. The van der Waals surface area contributed by atoms with Crippen molar-refractivity contribution in [3.8, 4) is 0 Å². The third-order valence-electron chi connectivity index (χ3n) is 5.41. The maximum atomic E-state index is 3.83. The highest BCUT2D eigenvalue weighted by molar-refractivity contribution is 4.95. The maximum absolute atomic E-state index is 3.83. The van der Waals surface area contributed by atoms with Crippen molar-refractivity contribution in [2.75, 3.05) is 19.6 Å². The minimum Gasteiger partial charge on any atom is -0.313 e. The molecule has 1 N–H and O–H groups in total. The number of hydrogen-bond donors (Lipinski definition) is 1. The van der Waals surface area contributed by atoms with Crippen molar-refractivity contribution in [2.45, 2.75) is 83.2 Å². The zero-order chi connectivity index (χ0) is 13.1. The van der Waals surface area contributed by atoms with Gasteiger partial charge in [0.15, 0.2) is 0 Å². The van der Waals surface area contributed by atoms with Gasteiger partial charge in [0.2, 0.25) is 0 Å². The SMILES string of the molecule is CCCCN(CC1(CNC2CC2)CCCC1)C1CC1. The Kier molecular flexibility index (Phi) is 4.48.